The minimum atomic E-state index is -0.350. The molecule has 2 saturated heterocycles. The van der Waals surface area contributed by atoms with E-state index in [-0.39, 0.29) is 17.6 Å². The van der Waals surface area contributed by atoms with Gasteiger partial charge in [-0.25, -0.2) is 4.98 Å². The number of rotatable bonds is 2. The second-order valence-corrected chi connectivity index (χ2v) is 8.52. The Kier molecular flexibility index (Phi) is 4.57. The van der Waals surface area contributed by atoms with Gasteiger partial charge >= 0.3 is 0 Å². The molecule has 6 heteroatoms. The summed E-state index contributed by atoms with van der Waals surface area (Å²) in [7, 11) is 2.18. The van der Waals surface area contributed by atoms with Gasteiger partial charge in [-0.1, -0.05) is 24.3 Å². The molecule has 0 saturated carbocycles. The monoisotopic (exact) mass is 379 g/mol. The van der Waals surface area contributed by atoms with E-state index in [2.05, 4.69) is 56.0 Å². The molecule has 5 rings (SSSR count). The van der Waals surface area contributed by atoms with Crippen molar-refractivity contribution in [3.63, 3.8) is 0 Å². The fourth-order valence-corrected chi connectivity index (χ4v) is 5.49. The minimum absolute atomic E-state index is 0.118. The van der Waals surface area contributed by atoms with Crippen LogP contribution in [-0.2, 0) is 5.41 Å². The van der Waals surface area contributed by atoms with Crippen LogP contribution in [0.4, 0.5) is 5.82 Å². The molecule has 148 valence electrons. The maximum Gasteiger partial charge on any atom is 0.147 e. The lowest BCUT2D eigenvalue weighted by molar-refractivity contribution is -0.0137. The molecule has 1 N–H and O–H groups in total. The van der Waals surface area contributed by atoms with Gasteiger partial charge in [0.05, 0.1) is 18.3 Å². The summed E-state index contributed by atoms with van der Waals surface area (Å²) >= 11 is 0. The second kappa shape index (κ2) is 7.10. The van der Waals surface area contributed by atoms with Crippen molar-refractivity contribution >= 4 is 5.82 Å². The van der Waals surface area contributed by atoms with Crippen LogP contribution in [0.25, 0.3) is 0 Å². The fourth-order valence-electron chi connectivity index (χ4n) is 5.49. The number of anilines is 1. The quantitative estimate of drug-likeness (QED) is 0.857. The number of piperidine rings is 1. The highest BCUT2D eigenvalue weighted by atomic mass is 16.3. The molecule has 2 fully saturated rings. The zero-order valence-electron chi connectivity index (χ0n) is 16.5. The molecular formula is C22H29N5O. The van der Waals surface area contributed by atoms with Crippen LogP contribution in [0.1, 0.15) is 30.0 Å². The topological polar surface area (TPSA) is 55.7 Å². The molecule has 0 bridgehead atoms. The van der Waals surface area contributed by atoms with Gasteiger partial charge in [-0.2, -0.15) is 0 Å². The molecule has 1 spiro atoms. The van der Waals surface area contributed by atoms with Gasteiger partial charge in [0.25, 0.3) is 0 Å². The Hall–Kier alpha value is -2.02. The Labute approximate surface area is 166 Å². The molecule has 2 aromatic rings. The molecule has 1 aromatic carbocycles. The Morgan fingerprint density at radius 2 is 1.75 bits per heavy atom. The number of likely N-dealkylation sites (N-methyl/N-ethyl adjacent to an activating group) is 1. The number of aliphatic hydroxyl groups is 1. The molecule has 6 nitrogen and oxygen atoms in total. The van der Waals surface area contributed by atoms with Crippen LogP contribution in [0.2, 0.25) is 0 Å². The number of hydrogen-bond donors (Lipinski definition) is 1. The predicted molar refractivity (Wildman–Crippen MR) is 109 cm³/mol. The van der Waals surface area contributed by atoms with Crippen LogP contribution in [0.5, 0.6) is 0 Å². The summed E-state index contributed by atoms with van der Waals surface area (Å²) in [6.07, 6.45) is 6.86. The molecule has 2 atom stereocenters. The fraction of sp³-hybridized carbons (Fsp3) is 0.545. The Balaban J connectivity index is 1.43. The van der Waals surface area contributed by atoms with Crippen LogP contribution in [0, 0.1) is 0 Å². The van der Waals surface area contributed by atoms with E-state index in [1.165, 1.54) is 11.1 Å². The van der Waals surface area contributed by atoms with Crippen LogP contribution >= 0.6 is 0 Å². The summed E-state index contributed by atoms with van der Waals surface area (Å²) in [5, 5.41) is 11.7. The number of hydrogen-bond acceptors (Lipinski definition) is 6. The van der Waals surface area contributed by atoms with Crippen LogP contribution in [0.15, 0.2) is 42.9 Å². The largest absolute Gasteiger partial charge is 0.390 e. The van der Waals surface area contributed by atoms with E-state index < -0.39 is 0 Å². The molecule has 28 heavy (non-hydrogen) atoms. The van der Waals surface area contributed by atoms with Crippen molar-refractivity contribution in [2.75, 3.05) is 51.2 Å². The van der Waals surface area contributed by atoms with Gasteiger partial charge in [-0.15, -0.1) is 0 Å². The third-order valence-corrected chi connectivity index (χ3v) is 7.14. The predicted octanol–water partition coefficient (Wildman–Crippen LogP) is 1.68. The van der Waals surface area contributed by atoms with Crippen LogP contribution in [0.3, 0.4) is 0 Å². The highest BCUT2D eigenvalue weighted by molar-refractivity contribution is 5.47. The van der Waals surface area contributed by atoms with Crippen LogP contribution in [-0.4, -0.2) is 77.3 Å². The number of nitrogens with zero attached hydrogens (tertiary/aromatic N) is 5. The van der Waals surface area contributed by atoms with Crippen molar-refractivity contribution < 1.29 is 5.11 Å². The first kappa shape index (κ1) is 18.0. The van der Waals surface area contributed by atoms with Crippen molar-refractivity contribution in [2.45, 2.75) is 30.4 Å². The first-order valence-corrected chi connectivity index (χ1v) is 10.4. The molecular weight excluding hydrogens is 350 g/mol. The molecule has 0 unspecified atom stereocenters. The number of fused-ring (bicyclic) bond motifs is 2. The minimum Gasteiger partial charge on any atom is -0.390 e. The SMILES string of the molecule is CN1CCN([C@@H]2c3ccccc3C3(CCN(c4cnccn4)CC3)[C@H]2O)CC1. The first-order chi connectivity index (χ1) is 13.7. The van der Waals surface area contributed by atoms with E-state index in [0.29, 0.717) is 0 Å². The average molecular weight is 380 g/mol. The molecule has 0 amide bonds. The third-order valence-electron chi connectivity index (χ3n) is 7.14. The van der Waals surface area contributed by atoms with E-state index in [9.17, 15) is 5.11 Å². The number of aliphatic hydroxyl groups excluding tert-OH is 1. The van der Waals surface area contributed by atoms with E-state index in [0.717, 1.165) is 57.9 Å². The summed E-state index contributed by atoms with van der Waals surface area (Å²) in [5.41, 5.74) is 2.56. The van der Waals surface area contributed by atoms with Crippen molar-refractivity contribution in [1.29, 1.82) is 0 Å². The van der Waals surface area contributed by atoms with Crippen LogP contribution < -0.4 is 4.90 Å². The molecule has 2 aliphatic heterocycles. The van der Waals surface area contributed by atoms with E-state index >= 15 is 0 Å². The van der Waals surface area contributed by atoms with Gasteiger partial charge in [-0.05, 0) is 31.0 Å². The number of benzene rings is 1. The third kappa shape index (κ3) is 2.82. The summed E-state index contributed by atoms with van der Waals surface area (Å²) in [5.74, 6) is 0.939. The van der Waals surface area contributed by atoms with Crippen molar-refractivity contribution in [3.8, 4) is 0 Å². The van der Waals surface area contributed by atoms with Gasteiger partial charge in [0.1, 0.15) is 5.82 Å². The maximum atomic E-state index is 11.7. The summed E-state index contributed by atoms with van der Waals surface area (Å²) in [6.45, 7) is 5.99. The van der Waals surface area contributed by atoms with Crippen molar-refractivity contribution in [1.82, 2.24) is 19.8 Å². The lowest BCUT2D eigenvalue weighted by Crippen LogP contribution is -2.52. The standard InChI is InChI=1S/C22H29N5O/c1-25-12-14-27(15-13-25)20-17-4-2-3-5-18(17)22(21(20)28)6-10-26(11-7-22)19-16-23-8-9-24-19/h2-5,8-9,16,20-21,28H,6-7,10-15H2,1H3/t20-,21+/m1/s1. The highest BCUT2D eigenvalue weighted by Crippen LogP contribution is 2.53. The normalized spacial score (nSPS) is 27.9. The van der Waals surface area contributed by atoms with Gasteiger partial charge < -0.3 is 14.9 Å². The molecule has 1 aromatic heterocycles. The lowest BCUT2D eigenvalue weighted by atomic mass is 9.72. The smallest absolute Gasteiger partial charge is 0.147 e. The maximum absolute atomic E-state index is 11.7. The van der Waals surface area contributed by atoms with Gasteiger partial charge in [0.2, 0.25) is 0 Å². The summed E-state index contributed by atoms with van der Waals surface area (Å²) < 4.78 is 0. The van der Waals surface area contributed by atoms with Crippen molar-refractivity contribution in [2.24, 2.45) is 0 Å². The first-order valence-electron chi connectivity index (χ1n) is 10.4. The molecule has 3 heterocycles. The Bertz CT molecular complexity index is 813. The summed E-state index contributed by atoms with van der Waals surface area (Å²) in [4.78, 5) is 15.9. The van der Waals surface area contributed by atoms with E-state index in [1.807, 2.05) is 6.20 Å². The van der Waals surface area contributed by atoms with E-state index in [4.69, 9.17) is 0 Å². The second-order valence-electron chi connectivity index (χ2n) is 8.52. The average Bonchev–Trinajstić information content (AvgIpc) is 2.98. The van der Waals surface area contributed by atoms with E-state index in [1.54, 1.807) is 12.4 Å². The highest BCUT2D eigenvalue weighted by Gasteiger charge is 2.54. The zero-order chi connectivity index (χ0) is 19.1. The number of piperazine rings is 1. The lowest BCUT2D eigenvalue weighted by Gasteiger charge is -2.45. The Morgan fingerprint density at radius 1 is 1.00 bits per heavy atom. The van der Waals surface area contributed by atoms with Gasteiger partial charge in [0, 0.05) is 57.1 Å². The summed E-state index contributed by atoms with van der Waals surface area (Å²) in [6, 6.07) is 8.88. The molecule has 3 aliphatic rings. The van der Waals surface area contributed by atoms with Crippen molar-refractivity contribution in [3.05, 3.63) is 54.0 Å². The van der Waals surface area contributed by atoms with Gasteiger partial charge in [-0.3, -0.25) is 9.88 Å². The molecule has 1 aliphatic carbocycles. The Morgan fingerprint density at radius 3 is 2.46 bits per heavy atom. The number of aromatic nitrogens is 2. The zero-order valence-corrected chi connectivity index (χ0v) is 16.5. The molecule has 0 radical (unpaired) electrons. The van der Waals surface area contributed by atoms with Gasteiger partial charge in [0.15, 0.2) is 0 Å².